The first-order valence-electron chi connectivity index (χ1n) is 8.93. The predicted molar refractivity (Wildman–Crippen MR) is 112 cm³/mol. The average molecular weight is 389 g/mol. The standard InChI is InChI=1S/C21H19N5O3/c1-26(2)15-7-3-5-13(11-15)20(27)23-14-6-4-8-16(12-14)29-17-9-10-22-19-18(17)24-21(28)25-19/h3-12H,1-2H3,(H,23,27)(H2,22,24,25,28). The lowest BCUT2D eigenvalue weighted by Gasteiger charge is -2.14. The van der Waals surface area contributed by atoms with Gasteiger partial charge in [-0.15, -0.1) is 0 Å². The molecular weight excluding hydrogens is 370 g/mol. The quantitative estimate of drug-likeness (QED) is 0.486. The molecule has 8 nitrogen and oxygen atoms in total. The Labute approximate surface area is 166 Å². The number of hydrogen-bond donors (Lipinski definition) is 3. The summed E-state index contributed by atoms with van der Waals surface area (Å²) in [6.45, 7) is 0. The van der Waals surface area contributed by atoms with E-state index in [0.29, 0.717) is 33.9 Å². The fourth-order valence-corrected chi connectivity index (χ4v) is 2.89. The highest BCUT2D eigenvalue weighted by Gasteiger charge is 2.10. The van der Waals surface area contributed by atoms with Crippen molar-refractivity contribution < 1.29 is 9.53 Å². The minimum atomic E-state index is -0.357. The molecule has 0 unspecified atom stereocenters. The highest BCUT2D eigenvalue weighted by Crippen LogP contribution is 2.28. The molecule has 146 valence electrons. The molecule has 0 saturated heterocycles. The van der Waals surface area contributed by atoms with Crippen molar-refractivity contribution >= 4 is 28.4 Å². The first kappa shape index (κ1) is 18.3. The molecule has 0 saturated carbocycles. The lowest BCUT2D eigenvalue weighted by Crippen LogP contribution is -2.14. The van der Waals surface area contributed by atoms with Gasteiger partial charge in [-0.25, -0.2) is 9.78 Å². The third-order valence-corrected chi connectivity index (χ3v) is 4.33. The molecule has 2 aromatic heterocycles. The number of H-pyrrole nitrogens is 2. The summed E-state index contributed by atoms with van der Waals surface area (Å²) in [6.07, 6.45) is 1.55. The lowest BCUT2D eigenvalue weighted by atomic mass is 10.1. The smallest absolute Gasteiger partial charge is 0.325 e. The summed E-state index contributed by atoms with van der Waals surface area (Å²) in [4.78, 5) is 35.4. The summed E-state index contributed by atoms with van der Waals surface area (Å²) >= 11 is 0. The van der Waals surface area contributed by atoms with Crippen LogP contribution in [0.15, 0.2) is 65.6 Å². The van der Waals surface area contributed by atoms with Crippen molar-refractivity contribution in [3.05, 3.63) is 76.8 Å². The van der Waals surface area contributed by atoms with Gasteiger partial charge in [-0.3, -0.25) is 9.78 Å². The number of ether oxygens (including phenoxy) is 1. The van der Waals surface area contributed by atoms with Crippen molar-refractivity contribution in [1.29, 1.82) is 0 Å². The second-order valence-electron chi connectivity index (χ2n) is 6.64. The van der Waals surface area contributed by atoms with Crippen LogP contribution >= 0.6 is 0 Å². The number of aromatic nitrogens is 3. The SMILES string of the molecule is CN(C)c1cccc(C(=O)Nc2cccc(Oc3ccnc4[nH]c(=O)[nH]c34)c2)c1. The molecule has 0 aliphatic heterocycles. The number of hydrogen-bond acceptors (Lipinski definition) is 5. The molecule has 8 heteroatoms. The van der Waals surface area contributed by atoms with E-state index in [4.69, 9.17) is 4.74 Å². The number of carbonyl (C=O) groups excluding carboxylic acids is 1. The largest absolute Gasteiger partial charge is 0.455 e. The van der Waals surface area contributed by atoms with Gasteiger partial charge in [0.2, 0.25) is 0 Å². The fourth-order valence-electron chi connectivity index (χ4n) is 2.89. The molecular formula is C21H19N5O3. The van der Waals surface area contributed by atoms with Crippen molar-refractivity contribution in [1.82, 2.24) is 15.0 Å². The van der Waals surface area contributed by atoms with E-state index in [2.05, 4.69) is 20.3 Å². The maximum Gasteiger partial charge on any atom is 0.325 e. The molecule has 0 bridgehead atoms. The number of nitrogens with one attached hydrogen (secondary N) is 3. The number of rotatable bonds is 5. The monoisotopic (exact) mass is 389 g/mol. The number of pyridine rings is 1. The highest BCUT2D eigenvalue weighted by atomic mass is 16.5. The van der Waals surface area contributed by atoms with E-state index in [-0.39, 0.29) is 11.6 Å². The maximum absolute atomic E-state index is 12.6. The molecule has 0 atom stereocenters. The molecule has 0 aliphatic rings. The zero-order valence-electron chi connectivity index (χ0n) is 15.9. The number of nitrogens with zero attached hydrogens (tertiary/aromatic N) is 2. The number of anilines is 2. The number of imidazole rings is 1. The number of benzene rings is 2. The van der Waals surface area contributed by atoms with Crippen LogP contribution in [0.4, 0.5) is 11.4 Å². The van der Waals surface area contributed by atoms with E-state index >= 15 is 0 Å². The van der Waals surface area contributed by atoms with Crippen LogP contribution in [-0.4, -0.2) is 35.0 Å². The number of carbonyl (C=O) groups is 1. The Kier molecular flexibility index (Phi) is 4.74. The molecule has 2 heterocycles. The molecule has 0 radical (unpaired) electrons. The van der Waals surface area contributed by atoms with E-state index in [1.54, 1.807) is 42.6 Å². The zero-order chi connectivity index (χ0) is 20.4. The average Bonchev–Trinajstić information content (AvgIpc) is 3.10. The van der Waals surface area contributed by atoms with Crippen molar-refractivity contribution in [2.24, 2.45) is 0 Å². The maximum atomic E-state index is 12.6. The van der Waals surface area contributed by atoms with Gasteiger partial charge < -0.3 is 19.9 Å². The summed E-state index contributed by atoms with van der Waals surface area (Å²) in [7, 11) is 3.84. The van der Waals surface area contributed by atoms with Gasteiger partial charge in [0.1, 0.15) is 11.3 Å². The summed E-state index contributed by atoms with van der Waals surface area (Å²) < 4.78 is 5.90. The Hall–Kier alpha value is -4.07. The predicted octanol–water partition coefficient (Wildman–Crippen LogP) is 3.36. The molecule has 0 fully saturated rings. The first-order valence-corrected chi connectivity index (χ1v) is 8.93. The summed E-state index contributed by atoms with van der Waals surface area (Å²) in [5.41, 5.74) is 2.63. The molecule has 1 amide bonds. The minimum Gasteiger partial charge on any atom is -0.455 e. The highest BCUT2D eigenvalue weighted by molar-refractivity contribution is 6.04. The molecule has 29 heavy (non-hydrogen) atoms. The lowest BCUT2D eigenvalue weighted by molar-refractivity contribution is 0.102. The van der Waals surface area contributed by atoms with Gasteiger partial charge in [-0.05, 0) is 30.3 Å². The Morgan fingerprint density at radius 3 is 2.72 bits per heavy atom. The van der Waals surface area contributed by atoms with Crippen molar-refractivity contribution in [3.8, 4) is 11.5 Å². The van der Waals surface area contributed by atoms with E-state index in [1.165, 1.54) is 0 Å². The summed E-state index contributed by atoms with van der Waals surface area (Å²) in [5.74, 6) is 0.752. The zero-order valence-corrected chi connectivity index (χ0v) is 15.9. The van der Waals surface area contributed by atoms with Gasteiger partial charge in [0.25, 0.3) is 5.91 Å². The molecule has 2 aromatic carbocycles. The number of aromatic amines is 2. The van der Waals surface area contributed by atoms with Crippen LogP contribution in [0.25, 0.3) is 11.2 Å². The fraction of sp³-hybridized carbons (Fsp3) is 0.0952. The second kappa shape index (κ2) is 7.51. The van der Waals surface area contributed by atoms with Gasteiger partial charge in [-0.2, -0.15) is 0 Å². The Morgan fingerprint density at radius 1 is 1.07 bits per heavy atom. The Morgan fingerprint density at radius 2 is 1.90 bits per heavy atom. The van der Waals surface area contributed by atoms with Crippen molar-refractivity contribution in [3.63, 3.8) is 0 Å². The van der Waals surface area contributed by atoms with Crippen molar-refractivity contribution in [2.75, 3.05) is 24.3 Å². The van der Waals surface area contributed by atoms with Crippen LogP contribution in [-0.2, 0) is 0 Å². The minimum absolute atomic E-state index is 0.216. The van der Waals surface area contributed by atoms with E-state index in [9.17, 15) is 9.59 Å². The summed E-state index contributed by atoms with van der Waals surface area (Å²) in [5, 5.41) is 2.88. The summed E-state index contributed by atoms with van der Waals surface area (Å²) in [6, 6.07) is 16.1. The van der Waals surface area contributed by atoms with E-state index in [0.717, 1.165) is 5.69 Å². The van der Waals surface area contributed by atoms with Crippen LogP contribution in [0, 0.1) is 0 Å². The first-order chi connectivity index (χ1) is 14.0. The molecule has 4 rings (SSSR count). The van der Waals surface area contributed by atoms with Gasteiger partial charge in [0.15, 0.2) is 11.4 Å². The molecule has 0 spiro atoms. The number of fused-ring (bicyclic) bond motifs is 1. The molecule has 4 aromatic rings. The van der Waals surface area contributed by atoms with Gasteiger partial charge in [0.05, 0.1) is 0 Å². The Balaban J connectivity index is 1.55. The van der Waals surface area contributed by atoms with Crippen LogP contribution in [0.5, 0.6) is 11.5 Å². The normalized spacial score (nSPS) is 10.7. The van der Waals surface area contributed by atoms with Crippen LogP contribution in [0.2, 0.25) is 0 Å². The second-order valence-corrected chi connectivity index (χ2v) is 6.64. The van der Waals surface area contributed by atoms with Crippen molar-refractivity contribution in [2.45, 2.75) is 0 Å². The third kappa shape index (κ3) is 3.96. The molecule has 3 N–H and O–H groups in total. The Bertz CT molecular complexity index is 1240. The van der Waals surface area contributed by atoms with E-state index < -0.39 is 0 Å². The van der Waals surface area contributed by atoms with Crippen LogP contribution in [0.1, 0.15) is 10.4 Å². The third-order valence-electron chi connectivity index (χ3n) is 4.33. The number of amides is 1. The van der Waals surface area contributed by atoms with Crippen LogP contribution < -0.4 is 20.6 Å². The van der Waals surface area contributed by atoms with Gasteiger partial charge in [0, 0.05) is 49.4 Å². The van der Waals surface area contributed by atoms with Crippen LogP contribution in [0.3, 0.4) is 0 Å². The van der Waals surface area contributed by atoms with Gasteiger partial charge in [-0.1, -0.05) is 12.1 Å². The van der Waals surface area contributed by atoms with Gasteiger partial charge >= 0.3 is 5.69 Å². The van der Waals surface area contributed by atoms with E-state index in [1.807, 2.05) is 37.2 Å². The molecule has 0 aliphatic carbocycles. The topological polar surface area (TPSA) is 103 Å².